The maximum atomic E-state index is 12.0. The van der Waals surface area contributed by atoms with Crippen LogP contribution >= 0.6 is 11.3 Å². The Bertz CT molecular complexity index is 694. The molecule has 6 heteroatoms. The van der Waals surface area contributed by atoms with E-state index in [0.717, 1.165) is 5.56 Å². The van der Waals surface area contributed by atoms with Crippen molar-refractivity contribution >= 4 is 28.2 Å². The lowest BCUT2D eigenvalue weighted by Gasteiger charge is -2.02. The monoisotopic (exact) mass is 317 g/mol. The number of amides is 1. The van der Waals surface area contributed by atoms with Gasteiger partial charge in [-0.05, 0) is 37.1 Å². The summed E-state index contributed by atoms with van der Waals surface area (Å²) in [6.07, 6.45) is 7.76. The number of nitrogens with one attached hydrogen (secondary N) is 1. The maximum absolute atomic E-state index is 12.0. The van der Waals surface area contributed by atoms with E-state index in [0.29, 0.717) is 22.7 Å². The highest BCUT2D eigenvalue weighted by molar-refractivity contribution is 7.18. The van der Waals surface area contributed by atoms with Gasteiger partial charge in [-0.25, -0.2) is 4.79 Å². The molecule has 2 heterocycles. The number of hydrogen-bond donors (Lipinski definition) is 1. The smallest absolute Gasteiger partial charge is 0.348 e. The lowest BCUT2D eigenvalue weighted by molar-refractivity contribution is 0.0506. The van der Waals surface area contributed by atoms with Crippen molar-refractivity contribution in [3.63, 3.8) is 0 Å². The normalized spacial score (nSPS) is 10.0. The Labute approximate surface area is 132 Å². The van der Waals surface area contributed by atoms with Gasteiger partial charge in [0.1, 0.15) is 4.88 Å². The number of furan rings is 1. The summed E-state index contributed by atoms with van der Waals surface area (Å²) in [5.74, 6) is 1.93. The van der Waals surface area contributed by atoms with Crippen LogP contribution in [0.25, 0.3) is 0 Å². The van der Waals surface area contributed by atoms with Gasteiger partial charge in [-0.3, -0.25) is 4.79 Å². The fraction of sp³-hybridized carbons (Fsp3) is 0.250. The number of terminal acetylenes is 1. The summed E-state index contributed by atoms with van der Waals surface area (Å²) in [6, 6.07) is 4.92. The SMILES string of the molecule is C#CCCCOC(=O)c1sc(NC(=O)c2ccco2)cc1C. The Morgan fingerprint density at radius 2 is 2.32 bits per heavy atom. The molecule has 0 unspecified atom stereocenters. The van der Waals surface area contributed by atoms with E-state index in [1.54, 1.807) is 25.1 Å². The summed E-state index contributed by atoms with van der Waals surface area (Å²) in [5.41, 5.74) is 0.752. The number of rotatable bonds is 6. The Kier molecular flexibility index (Phi) is 5.39. The first-order valence-electron chi connectivity index (χ1n) is 6.67. The Morgan fingerprint density at radius 1 is 1.50 bits per heavy atom. The average molecular weight is 317 g/mol. The minimum absolute atomic E-state index is 0.212. The van der Waals surface area contributed by atoms with Crippen molar-refractivity contribution in [2.24, 2.45) is 0 Å². The van der Waals surface area contributed by atoms with E-state index in [-0.39, 0.29) is 18.3 Å². The zero-order valence-corrected chi connectivity index (χ0v) is 12.9. The van der Waals surface area contributed by atoms with Gasteiger partial charge < -0.3 is 14.5 Å². The van der Waals surface area contributed by atoms with Crippen molar-refractivity contribution in [1.29, 1.82) is 0 Å². The molecule has 0 bridgehead atoms. The van der Waals surface area contributed by atoms with Crippen LogP contribution in [0.1, 0.15) is 38.6 Å². The number of hydrogen-bond acceptors (Lipinski definition) is 5. The lowest BCUT2D eigenvalue weighted by atomic mass is 10.3. The summed E-state index contributed by atoms with van der Waals surface area (Å²) in [5, 5.41) is 3.25. The molecule has 0 aliphatic rings. The van der Waals surface area contributed by atoms with Crippen molar-refractivity contribution in [2.45, 2.75) is 19.8 Å². The minimum atomic E-state index is -0.405. The number of ether oxygens (including phenoxy) is 1. The Morgan fingerprint density at radius 3 is 3.00 bits per heavy atom. The van der Waals surface area contributed by atoms with Gasteiger partial charge >= 0.3 is 5.97 Å². The van der Waals surface area contributed by atoms with Crippen LogP contribution in [0.5, 0.6) is 0 Å². The third-order valence-corrected chi connectivity index (χ3v) is 3.92. The second-order valence-corrected chi connectivity index (χ2v) is 5.55. The van der Waals surface area contributed by atoms with Crippen LogP contribution in [0.3, 0.4) is 0 Å². The van der Waals surface area contributed by atoms with Gasteiger partial charge in [0.25, 0.3) is 5.91 Å². The molecular formula is C16H15NO4S. The van der Waals surface area contributed by atoms with E-state index in [1.165, 1.54) is 17.6 Å². The third-order valence-electron chi connectivity index (χ3n) is 2.78. The molecule has 0 saturated heterocycles. The highest BCUT2D eigenvalue weighted by Gasteiger charge is 2.17. The predicted molar refractivity (Wildman–Crippen MR) is 84.1 cm³/mol. The van der Waals surface area contributed by atoms with Gasteiger partial charge in [-0.2, -0.15) is 0 Å². The van der Waals surface area contributed by atoms with Crippen LogP contribution in [0.15, 0.2) is 28.9 Å². The van der Waals surface area contributed by atoms with Crippen molar-refractivity contribution in [3.8, 4) is 12.3 Å². The average Bonchev–Trinajstić information content (AvgIpc) is 3.13. The summed E-state index contributed by atoms with van der Waals surface area (Å²) in [6.45, 7) is 2.07. The fourth-order valence-corrected chi connectivity index (χ4v) is 2.69. The van der Waals surface area contributed by atoms with Crippen molar-refractivity contribution in [2.75, 3.05) is 11.9 Å². The van der Waals surface area contributed by atoms with Gasteiger partial charge in [0.2, 0.25) is 0 Å². The van der Waals surface area contributed by atoms with Gasteiger partial charge in [0.05, 0.1) is 17.9 Å². The molecule has 22 heavy (non-hydrogen) atoms. The van der Waals surface area contributed by atoms with E-state index in [1.807, 2.05) is 0 Å². The molecule has 0 aliphatic carbocycles. The predicted octanol–water partition coefficient (Wildman–Crippen LogP) is 3.47. The molecule has 1 N–H and O–H groups in total. The first kappa shape index (κ1) is 15.9. The highest BCUT2D eigenvalue weighted by Crippen LogP contribution is 2.27. The molecule has 1 amide bonds. The van der Waals surface area contributed by atoms with E-state index < -0.39 is 5.97 Å². The number of esters is 1. The van der Waals surface area contributed by atoms with Crippen LogP contribution < -0.4 is 5.32 Å². The molecule has 114 valence electrons. The first-order chi connectivity index (χ1) is 10.6. The van der Waals surface area contributed by atoms with Gasteiger partial charge in [0.15, 0.2) is 5.76 Å². The number of thiophene rings is 1. The van der Waals surface area contributed by atoms with E-state index in [9.17, 15) is 9.59 Å². The molecule has 5 nitrogen and oxygen atoms in total. The third kappa shape index (κ3) is 3.99. The van der Waals surface area contributed by atoms with Crippen LogP contribution in [0.2, 0.25) is 0 Å². The largest absolute Gasteiger partial charge is 0.461 e. The standard InChI is InChI=1S/C16H15NO4S/c1-3-4-5-8-21-16(19)14-11(2)10-13(22-14)17-15(18)12-7-6-9-20-12/h1,6-7,9-10H,4-5,8H2,2H3,(H,17,18). The van der Waals surface area contributed by atoms with E-state index in [4.69, 9.17) is 15.6 Å². The lowest BCUT2D eigenvalue weighted by Crippen LogP contribution is -2.09. The molecule has 2 aromatic heterocycles. The zero-order valence-electron chi connectivity index (χ0n) is 12.0. The van der Waals surface area contributed by atoms with Crippen molar-refractivity contribution < 1.29 is 18.7 Å². The molecule has 0 atom stereocenters. The van der Waals surface area contributed by atoms with Gasteiger partial charge in [0, 0.05) is 6.42 Å². The molecule has 0 radical (unpaired) electrons. The van der Waals surface area contributed by atoms with Gasteiger partial charge in [-0.15, -0.1) is 23.7 Å². The number of unbranched alkanes of at least 4 members (excludes halogenated alkanes) is 1. The number of carbonyl (C=O) groups excluding carboxylic acids is 2. The zero-order chi connectivity index (χ0) is 15.9. The summed E-state index contributed by atoms with van der Waals surface area (Å²) in [4.78, 5) is 24.3. The van der Waals surface area contributed by atoms with Crippen LogP contribution in [0.4, 0.5) is 5.00 Å². The summed E-state index contributed by atoms with van der Waals surface area (Å²) in [7, 11) is 0. The van der Waals surface area contributed by atoms with Gasteiger partial charge in [-0.1, -0.05) is 0 Å². The van der Waals surface area contributed by atoms with Crippen LogP contribution in [-0.2, 0) is 4.74 Å². The summed E-state index contributed by atoms with van der Waals surface area (Å²) >= 11 is 1.17. The minimum Gasteiger partial charge on any atom is -0.461 e. The Hall–Kier alpha value is -2.52. The molecule has 0 spiro atoms. The molecule has 0 aliphatic heterocycles. The number of anilines is 1. The van der Waals surface area contributed by atoms with Crippen LogP contribution in [-0.4, -0.2) is 18.5 Å². The molecule has 0 saturated carbocycles. The van der Waals surface area contributed by atoms with E-state index in [2.05, 4.69) is 11.2 Å². The maximum Gasteiger partial charge on any atom is 0.348 e. The second-order valence-electron chi connectivity index (χ2n) is 4.50. The molecular weight excluding hydrogens is 302 g/mol. The van der Waals surface area contributed by atoms with Crippen molar-refractivity contribution in [3.05, 3.63) is 40.7 Å². The van der Waals surface area contributed by atoms with E-state index >= 15 is 0 Å². The quantitative estimate of drug-likeness (QED) is 0.503. The number of aryl methyl sites for hydroxylation is 1. The molecule has 2 aromatic rings. The molecule has 2 rings (SSSR count). The molecule has 0 aromatic carbocycles. The van der Waals surface area contributed by atoms with Crippen LogP contribution in [0, 0.1) is 19.3 Å². The number of carbonyl (C=O) groups is 2. The summed E-state index contributed by atoms with van der Waals surface area (Å²) < 4.78 is 10.2. The highest BCUT2D eigenvalue weighted by atomic mass is 32.1. The fourth-order valence-electron chi connectivity index (χ4n) is 1.73. The molecule has 0 fully saturated rings. The topological polar surface area (TPSA) is 68.5 Å². The first-order valence-corrected chi connectivity index (χ1v) is 7.49. The van der Waals surface area contributed by atoms with Crippen molar-refractivity contribution in [1.82, 2.24) is 0 Å². The Balaban J connectivity index is 1.97. The second kappa shape index (κ2) is 7.48.